The molecule has 24 heavy (non-hydrogen) atoms. The first-order valence-corrected chi connectivity index (χ1v) is 8.65. The number of aliphatic hydroxyl groups excluding tert-OH is 1. The van der Waals surface area contributed by atoms with Crippen LogP contribution in [0.4, 0.5) is 17.5 Å². The summed E-state index contributed by atoms with van der Waals surface area (Å²) in [4.78, 5) is 35.4. The number of fused-ring (bicyclic) bond motifs is 1. The Morgan fingerprint density at radius 1 is 1.46 bits per heavy atom. The quantitative estimate of drug-likeness (QED) is 0.234. The minimum Gasteiger partial charge on any atom is -0.385 e. The Balaban J connectivity index is 2.20. The summed E-state index contributed by atoms with van der Waals surface area (Å²) in [6, 6.07) is 0. The fourth-order valence-corrected chi connectivity index (χ4v) is 2.49. The van der Waals surface area contributed by atoms with Crippen LogP contribution in [0.2, 0.25) is 0 Å². The normalized spacial score (nSPS) is 16.3. The molecule has 1 aliphatic rings. The van der Waals surface area contributed by atoms with Gasteiger partial charge in [-0.3, -0.25) is 14.3 Å². The standard InChI is InChI=1S/C10H14N5O6PS2/c11-10-14-8-5(9(17)15-10)13-3(1-12-8)6(23)7(24)4(16)2-21-22(18,19)20/h1,4,13,16,23-24H,2H2,(H2,18,19,20)(H4,11,12,14,15,17)/b7-6+/t4-/m1/s1. The summed E-state index contributed by atoms with van der Waals surface area (Å²) in [5, 5.41) is 15.3. The van der Waals surface area contributed by atoms with Gasteiger partial charge in [0.1, 0.15) is 11.8 Å². The molecule has 2 heterocycles. The highest BCUT2D eigenvalue weighted by Crippen LogP contribution is 2.37. The molecule has 0 amide bonds. The Hall–Kier alpha value is -1.47. The average Bonchev–Trinajstić information content (AvgIpc) is 2.50. The van der Waals surface area contributed by atoms with Gasteiger partial charge in [-0.25, -0.2) is 4.57 Å². The van der Waals surface area contributed by atoms with E-state index < -0.39 is 26.1 Å². The average molecular weight is 395 g/mol. The van der Waals surface area contributed by atoms with Gasteiger partial charge in [-0.2, -0.15) is 4.98 Å². The Bertz CT molecular complexity index is 818. The van der Waals surface area contributed by atoms with E-state index in [1.54, 1.807) is 0 Å². The predicted molar refractivity (Wildman–Crippen MR) is 93.6 cm³/mol. The largest absolute Gasteiger partial charge is 0.469 e. The van der Waals surface area contributed by atoms with Crippen LogP contribution in [0.3, 0.4) is 0 Å². The van der Waals surface area contributed by atoms with E-state index in [0.717, 1.165) is 0 Å². The number of H-pyrrole nitrogens is 1. The van der Waals surface area contributed by atoms with Crippen LogP contribution in [0, 0.1) is 0 Å². The number of phosphoric ester groups is 1. The first-order chi connectivity index (χ1) is 11.1. The van der Waals surface area contributed by atoms with Crippen LogP contribution >= 0.6 is 33.1 Å². The summed E-state index contributed by atoms with van der Waals surface area (Å²) in [5.74, 6) is 0.138. The van der Waals surface area contributed by atoms with Crippen LogP contribution in [0.1, 0.15) is 0 Å². The van der Waals surface area contributed by atoms with Gasteiger partial charge in [-0.1, -0.05) is 0 Å². The number of nitrogen functional groups attached to an aromatic ring is 1. The van der Waals surface area contributed by atoms with Crippen molar-refractivity contribution in [2.45, 2.75) is 6.10 Å². The number of aromatic amines is 1. The molecule has 14 heteroatoms. The van der Waals surface area contributed by atoms with E-state index in [9.17, 15) is 14.5 Å². The monoisotopic (exact) mass is 395 g/mol. The minimum absolute atomic E-state index is 0.0318. The van der Waals surface area contributed by atoms with Gasteiger partial charge in [0.15, 0.2) is 5.82 Å². The molecular weight excluding hydrogens is 381 g/mol. The zero-order valence-electron chi connectivity index (χ0n) is 11.8. The topological polar surface area (TPSA) is 183 Å². The van der Waals surface area contributed by atoms with Gasteiger partial charge in [0.05, 0.1) is 12.3 Å². The van der Waals surface area contributed by atoms with Crippen molar-refractivity contribution in [3.8, 4) is 0 Å². The van der Waals surface area contributed by atoms with Gasteiger partial charge >= 0.3 is 7.82 Å². The second-order valence-corrected chi connectivity index (χ2v) is 6.71. The molecule has 1 atom stereocenters. The van der Waals surface area contributed by atoms with Gasteiger partial charge in [0.25, 0.3) is 5.56 Å². The molecule has 1 aromatic heterocycles. The molecule has 0 bridgehead atoms. The maximum absolute atomic E-state index is 11.8. The fourth-order valence-electron chi connectivity index (χ4n) is 1.69. The van der Waals surface area contributed by atoms with Crippen molar-refractivity contribution < 1.29 is 24.0 Å². The number of anilines is 3. The second-order valence-electron chi connectivity index (χ2n) is 4.54. The lowest BCUT2D eigenvalue weighted by Gasteiger charge is -2.21. The molecule has 0 saturated heterocycles. The molecule has 1 aromatic rings. The Morgan fingerprint density at radius 2 is 2.12 bits per heavy atom. The van der Waals surface area contributed by atoms with Gasteiger partial charge in [-0.15, -0.1) is 25.3 Å². The van der Waals surface area contributed by atoms with Crippen molar-refractivity contribution in [3.05, 3.63) is 32.1 Å². The third kappa shape index (κ3) is 4.54. The van der Waals surface area contributed by atoms with Crippen molar-refractivity contribution >= 4 is 50.5 Å². The van der Waals surface area contributed by atoms with Crippen LogP contribution in [-0.2, 0) is 9.09 Å². The minimum atomic E-state index is -4.73. The lowest BCUT2D eigenvalue weighted by Crippen LogP contribution is -2.24. The number of rotatable bonds is 5. The van der Waals surface area contributed by atoms with Crippen LogP contribution in [0.5, 0.6) is 0 Å². The third-order valence-corrected chi connectivity index (χ3v) is 4.43. The maximum Gasteiger partial charge on any atom is 0.469 e. The van der Waals surface area contributed by atoms with E-state index in [4.69, 9.17) is 15.5 Å². The Kier molecular flexibility index (Phi) is 5.65. The van der Waals surface area contributed by atoms with Gasteiger partial charge < -0.3 is 31.3 Å². The lowest BCUT2D eigenvalue weighted by atomic mass is 10.2. The number of aromatic nitrogens is 2. The number of nitrogens with one attached hydrogen (secondary N) is 3. The van der Waals surface area contributed by atoms with Gasteiger partial charge in [0, 0.05) is 16.0 Å². The molecule has 0 aliphatic carbocycles. The van der Waals surface area contributed by atoms with Crippen LogP contribution < -0.4 is 21.9 Å². The van der Waals surface area contributed by atoms with Crippen molar-refractivity contribution in [2.75, 3.05) is 23.0 Å². The number of phosphoric acid groups is 1. The molecule has 1 aliphatic heterocycles. The Labute approximate surface area is 146 Å². The van der Waals surface area contributed by atoms with E-state index in [-0.39, 0.29) is 33.0 Å². The summed E-state index contributed by atoms with van der Waals surface area (Å²) in [7, 11) is -4.73. The molecule has 0 saturated carbocycles. The number of hydrogen-bond acceptors (Lipinski definition) is 10. The van der Waals surface area contributed by atoms with Crippen molar-refractivity contribution in [2.24, 2.45) is 0 Å². The Morgan fingerprint density at radius 3 is 2.75 bits per heavy atom. The van der Waals surface area contributed by atoms with Crippen LogP contribution in [0.15, 0.2) is 26.5 Å². The van der Waals surface area contributed by atoms with Gasteiger partial charge in [0.2, 0.25) is 5.95 Å². The van der Waals surface area contributed by atoms with Crippen molar-refractivity contribution in [1.82, 2.24) is 9.97 Å². The summed E-state index contributed by atoms with van der Waals surface area (Å²) >= 11 is 8.25. The van der Waals surface area contributed by atoms with E-state index in [1.165, 1.54) is 6.20 Å². The highest BCUT2D eigenvalue weighted by Gasteiger charge is 2.22. The molecule has 8 N–H and O–H groups in total. The smallest absolute Gasteiger partial charge is 0.385 e. The number of nitrogens with zero attached hydrogens (tertiary/aromatic N) is 1. The first-order valence-electron chi connectivity index (χ1n) is 6.22. The SMILES string of the molecule is Nc1nc2c(c(=O)[nH]1)NC(/C(S)=C(\S)[C@H](O)COP(=O)(O)O)=CN2. The molecule has 0 unspecified atom stereocenters. The highest BCUT2D eigenvalue weighted by atomic mass is 32.1. The van der Waals surface area contributed by atoms with E-state index in [1.807, 2.05) is 0 Å². The lowest BCUT2D eigenvalue weighted by molar-refractivity contribution is 0.111. The van der Waals surface area contributed by atoms with E-state index in [2.05, 4.69) is 50.4 Å². The van der Waals surface area contributed by atoms with Crippen LogP contribution in [-0.4, -0.2) is 37.6 Å². The summed E-state index contributed by atoms with van der Waals surface area (Å²) < 4.78 is 14.8. The zero-order chi connectivity index (χ0) is 18.1. The molecule has 0 spiro atoms. The highest BCUT2D eigenvalue weighted by molar-refractivity contribution is 7.88. The third-order valence-electron chi connectivity index (χ3n) is 2.76. The molecule has 0 radical (unpaired) electrons. The van der Waals surface area contributed by atoms with Crippen LogP contribution in [0.25, 0.3) is 0 Å². The van der Waals surface area contributed by atoms with Crippen molar-refractivity contribution in [1.29, 1.82) is 0 Å². The van der Waals surface area contributed by atoms with Gasteiger partial charge in [-0.05, 0) is 0 Å². The molecule has 132 valence electrons. The summed E-state index contributed by atoms with van der Waals surface area (Å²) in [6.45, 7) is -0.691. The zero-order valence-corrected chi connectivity index (χ0v) is 14.5. The number of thiol groups is 2. The molecule has 11 nitrogen and oxygen atoms in total. The summed E-state index contributed by atoms with van der Waals surface area (Å²) in [6.07, 6.45) is -0.0380. The first kappa shape index (κ1) is 18.9. The number of hydrogen-bond donors (Lipinski definition) is 9. The number of aliphatic hydroxyl groups is 1. The molecule has 0 aromatic carbocycles. The number of nitrogens with two attached hydrogens (primary N) is 1. The molecule has 0 fully saturated rings. The molecule has 2 rings (SSSR count). The molecular formula is C10H14N5O6PS2. The second kappa shape index (κ2) is 7.19. The predicted octanol–water partition coefficient (Wildman–Crippen LogP) is -0.428. The summed E-state index contributed by atoms with van der Waals surface area (Å²) in [5.41, 5.74) is 5.25. The van der Waals surface area contributed by atoms with Crippen molar-refractivity contribution in [3.63, 3.8) is 0 Å². The van der Waals surface area contributed by atoms with E-state index >= 15 is 0 Å². The van der Waals surface area contributed by atoms with E-state index in [0.29, 0.717) is 0 Å². The fraction of sp³-hybridized carbons (Fsp3) is 0.200. The maximum atomic E-state index is 11.8.